The predicted molar refractivity (Wildman–Crippen MR) is 114 cm³/mol. The van der Waals surface area contributed by atoms with Gasteiger partial charge < -0.3 is 0 Å². The van der Waals surface area contributed by atoms with Crippen molar-refractivity contribution in [2.45, 2.75) is 52.1 Å². The van der Waals surface area contributed by atoms with Gasteiger partial charge in [-0.2, -0.15) is 5.10 Å². The van der Waals surface area contributed by atoms with Gasteiger partial charge in [-0.25, -0.2) is 16.3 Å². The maximum absolute atomic E-state index is 12.4. The Kier molecular flexibility index (Phi) is 6.95. The van der Waals surface area contributed by atoms with E-state index >= 15 is 0 Å². The molecule has 2 atom stereocenters. The van der Waals surface area contributed by atoms with Crippen LogP contribution in [-0.2, 0) is 17.6 Å². The van der Waals surface area contributed by atoms with Gasteiger partial charge in [0.1, 0.15) is 6.04 Å². The van der Waals surface area contributed by atoms with Crippen molar-refractivity contribution >= 4 is 12.1 Å². The van der Waals surface area contributed by atoms with Crippen LogP contribution in [0.15, 0.2) is 53.6 Å². The summed E-state index contributed by atoms with van der Waals surface area (Å²) in [6.45, 7) is 6.57. The van der Waals surface area contributed by atoms with Crippen LogP contribution >= 0.6 is 0 Å². The molecule has 1 fully saturated rings. The highest BCUT2D eigenvalue weighted by Gasteiger charge is 2.29. The van der Waals surface area contributed by atoms with E-state index < -0.39 is 0 Å². The van der Waals surface area contributed by atoms with Gasteiger partial charge >= 0.3 is 0 Å². The van der Waals surface area contributed by atoms with Crippen LogP contribution in [0.2, 0.25) is 0 Å². The number of hydrazone groups is 1. The molecule has 1 saturated heterocycles. The first kappa shape index (κ1) is 20.2. The molecule has 0 aliphatic carbocycles. The van der Waals surface area contributed by atoms with Crippen molar-refractivity contribution in [2.75, 3.05) is 0 Å². The molecule has 148 valence electrons. The monoisotopic (exact) mass is 378 g/mol. The van der Waals surface area contributed by atoms with Crippen molar-refractivity contribution in [1.29, 1.82) is 0 Å². The third-order valence-electron chi connectivity index (χ3n) is 5.02. The zero-order valence-corrected chi connectivity index (χ0v) is 16.9. The summed E-state index contributed by atoms with van der Waals surface area (Å²) in [6.07, 6.45) is 4.46. The first-order chi connectivity index (χ1) is 13.5. The van der Waals surface area contributed by atoms with E-state index in [1.807, 2.05) is 12.1 Å². The third kappa shape index (κ3) is 5.50. The highest BCUT2D eigenvalue weighted by Crippen LogP contribution is 2.23. The molecule has 0 aromatic heterocycles. The molecule has 0 spiro atoms. The van der Waals surface area contributed by atoms with Gasteiger partial charge in [0, 0.05) is 6.04 Å². The van der Waals surface area contributed by atoms with E-state index in [-0.39, 0.29) is 18.0 Å². The largest absolute Gasteiger partial charge is 0.271 e. The fourth-order valence-electron chi connectivity index (χ4n) is 3.39. The molecule has 5 heteroatoms. The average molecular weight is 379 g/mol. The van der Waals surface area contributed by atoms with Gasteiger partial charge in [0.2, 0.25) is 0 Å². The molecule has 0 saturated carbocycles. The Hall–Kier alpha value is -2.50. The summed E-state index contributed by atoms with van der Waals surface area (Å²) in [4.78, 5) is 12.4. The number of nitrogens with one attached hydrogen (secondary N) is 3. The molecule has 1 amide bonds. The maximum atomic E-state index is 12.4. The first-order valence-corrected chi connectivity index (χ1v) is 10.1. The second-order valence-electron chi connectivity index (χ2n) is 7.80. The minimum absolute atomic E-state index is 0.120. The Labute approximate surface area is 167 Å². The van der Waals surface area contributed by atoms with Crippen molar-refractivity contribution in [3.05, 3.63) is 70.8 Å². The number of hydrogen-bond acceptors (Lipinski definition) is 4. The topological polar surface area (TPSA) is 65.5 Å². The number of hydrogen-bond donors (Lipinski definition) is 3. The zero-order chi connectivity index (χ0) is 19.9. The SMILES string of the molecule is CCc1ccc(/C=N/NC(=O)C2CC(c3ccc(CC(C)C)cc3)NN2)cc1. The Bertz CT molecular complexity index is 796. The second kappa shape index (κ2) is 9.62. The van der Waals surface area contributed by atoms with Gasteiger partial charge in [-0.05, 0) is 47.4 Å². The Balaban J connectivity index is 1.50. The fourth-order valence-corrected chi connectivity index (χ4v) is 3.39. The summed E-state index contributed by atoms with van der Waals surface area (Å²) < 4.78 is 0. The van der Waals surface area contributed by atoms with Crippen LogP contribution in [0, 0.1) is 5.92 Å². The van der Waals surface area contributed by atoms with E-state index in [9.17, 15) is 4.79 Å². The average Bonchev–Trinajstić information content (AvgIpc) is 3.19. The number of rotatable bonds is 7. The number of aryl methyl sites for hydroxylation is 1. The van der Waals surface area contributed by atoms with Crippen molar-refractivity contribution < 1.29 is 4.79 Å². The lowest BCUT2D eigenvalue weighted by Crippen LogP contribution is -2.41. The third-order valence-corrected chi connectivity index (χ3v) is 5.02. The lowest BCUT2D eigenvalue weighted by molar-refractivity contribution is -0.122. The number of carbonyl (C=O) groups excluding carboxylic acids is 1. The fraction of sp³-hybridized carbons (Fsp3) is 0.391. The normalized spacial score (nSPS) is 19.4. The van der Waals surface area contributed by atoms with Gasteiger partial charge in [0.15, 0.2) is 0 Å². The van der Waals surface area contributed by atoms with E-state index in [4.69, 9.17) is 0 Å². The minimum Gasteiger partial charge on any atom is -0.271 e. The van der Waals surface area contributed by atoms with Gasteiger partial charge in [-0.1, -0.05) is 69.3 Å². The Morgan fingerprint density at radius 3 is 2.43 bits per heavy atom. The summed E-state index contributed by atoms with van der Waals surface area (Å²) >= 11 is 0. The first-order valence-electron chi connectivity index (χ1n) is 10.1. The maximum Gasteiger partial charge on any atom is 0.258 e. The molecule has 1 aliphatic rings. The summed E-state index contributed by atoms with van der Waals surface area (Å²) in [7, 11) is 0. The molecular weight excluding hydrogens is 348 g/mol. The van der Waals surface area contributed by atoms with Crippen LogP contribution in [-0.4, -0.2) is 18.2 Å². The Morgan fingerprint density at radius 2 is 1.79 bits per heavy atom. The van der Waals surface area contributed by atoms with Crippen molar-refractivity contribution in [3.63, 3.8) is 0 Å². The van der Waals surface area contributed by atoms with Gasteiger partial charge in [-0.15, -0.1) is 0 Å². The molecule has 2 aromatic carbocycles. The van der Waals surface area contributed by atoms with Crippen molar-refractivity contribution in [1.82, 2.24) is 16.3 Å². The number of benzene rings is 2. The highest BCUT2D eigenvalue weighted by atomic mass is 16.2. The molecule has 5 nitrogen and oxygen atoms in total. The van der Waals surface area contributed by atoms with E-state index in [1.165, 1.54) is 16.7 Å². The zero-order valence-electron chi connectivity index (χ0n) is 16.9. The molecule has 0 bridgehead atoms. The van der Waals surface area contributed by atoms with Crippen LogP contribution in [0.3, 0.4) is 0 Å². The molecule has 2 unspecified atom stereocenters. The molecule has 1 heterocycles. The van der Waals surface area contributed by atoms with Crippen LogP contribution < -0.4 is 16.3 Å². The predicted octanol–water partition coefficient (Wildman–Crippen LogP) is 3.51. The number of hydrazine groups is 1. The molecule has 3 N–H and O–H groups in total. The van der Waals surface area contributed by atoms with Gasteiger partial charge in [0.05, 0.1) is 6.21 Å². The van der Waals surface area contributed by atoms with Crippen LogP contribution in [0.5, 0.6) is 0 Å². The lowest BCUT2D eigenvalue weighted by Gasteiger charge is -2.11. The van der Waals surface area contributed by atoms with E-state index in [1.54, 1.807) is 6.21 Å². The van der Waals surface area contributed by atoms with E-state index in [0.29, 0.717) is 12.3 Å². The summed E-state index contributed by atoms with van der Waals surface area (Å²) in [5, 5.41) is 4.09. The molecule has 28 heavy (non-hydrogen) atoms. The number of carbonyl (C=O) groups is 1. The van der Waals surface area contributed by atoms with E-state index in [0.717, 1.165) is 18.4 Å². The van der Waals surface area contributed by atoms with Gasteiger partial charge in [0.25, 0.3) is 5.91 Å². The van der Waals surface area contributed by atoms with Crippen molar-refractivity contribution in [2.24, 2.45) is 11.0 Å². The minimum atomic E-state index is -0.306. The summed E-state index contributed by atoms with van der Waals surface area (Å²) in [6, 6.07) is 16.6. The standard InChI is InChI=1S/C23H30N4O/c1-4-17-5-7-19(8-6-17)15-24-27-23(28)22-14-21(25-26-22)20-11-9-18(10-12-20)13-16(2)3/h5-12,15-16,21-22,25-26H,4,13-14H2,1-3H3,(H,27,28)/b24-15+. The second-order valence-corrected chi connectivity index (χ2v) is 7.80. The van der Waals surface area contributed by atoms with Crippen LogP contribution in [0.4, 0.5) is 0 Å². The quantitative estimate of drug-likeness (QED) is 0.510. The molecule has 1 aliphatic heterocycles. The number of amides is 1. The van der Waals surface area contributed by atoms with Crippen LogP contribution in [0.25, 0.3) is 0 Å². The van der Waals surface area contributed by atoms with E-state index in [2.05, 4.69) is 78.5 Å². The molecular formula is C23H30N4O. The summed E-state index contributed by atoms with van der Waals surface area (Å²) in [5.41, 5.74) is 13.7. The molecule has 2 aromatic rings. The smallest absolute Gasteiger partial charge is 0.258 e. The Morgan fingerprint density at radius 1 is 1.11 bits per heavy atom. The van der Waals surface area contributed by atoms with Crippen molar-refractivity contribution in [3.8, 4) is 0 Å². The highest BCUT2D eigenvalue weighted by molar-refractivity contribution is 5.85. The van der Waals surface area contributed by atoms with Gasteiger partial charge in [-0.3, -0.25) is 4.79 Å². The molecule has 0 radical (unpaired) electrons. The molecule has 3 rings (SSSR count). The lowest BCUT2D eigenvalue weighted by atomic mass is 9.97. The van der Waals surface area contributed by atoms with Crippen LogP contribution in [0.1, 0.15) is 55.5 Å². The summed E-state index contributed by atoms with van der Waals surface area (Å²) in [5.74, 6) is 0.517. The number of nitrogens with zero attached hydrogens (tertiary/aromatic N) is 1.